The van der Waals surface area contributed by atoms with Crippen molar-refractivity contribution in [3.8, 4) is 0 Å². The Hall–Kier alpha value is -1.36. The van der Waals surface area contributed by atoms with Gasteiger partial charge in [-0.15, -0.1) is 0 Å². The van der Waals surface area contributed by atoms with Gasteiger partial charge in [0.2, 0.25) is 11.8 Å². The summed E-state index contributed by atoms with van der Waals surface area (Å²) in [5.41, 5.74) is 1.25. The van der Waals surface area contributed by atoms with Gasteiger partial charge in [0, 0.05) is 13.1 Å². The summed E-state index contributed by atoms with van der Waals surface area (Å²) in [6, 6.07) is 1.65. The summed E-state index contributed by atoms with van der Waals surface area (Å²) in [6.45, 7) is 3.40. The van der Waals surface area contributed by atoms with Crippen LogP contribution in [0.3, 0.4) is 0 Å². The summed E-state index contributed by atoms with van der Waals surface area (Å²) in [5.74, 6) is 0.309. The SMILES string of the molecule is CCC1C(=O)N2CCCC2C(=O)N1CCc1ccsc1. The van der Waals surface area contributed by atoms with Crippen LogP contribution in [-0.4, -0.2) is 46.8 Å². The predicted molar refractivity (Wildman–Crippen MR) is 78.6 cm³/mol. The Morgan fingerprint density at radius 3 is 2.90 bits per heavy atom. The van der Waals surface area contributed by atoms with Gasteiger partial charge in [-0.25, -0.2) is 0 Å². The maximum absolute atomic E-state index is 12.6. The number of fused-ring (bicyclic) bond motifs is 1. The van der Waals surface area contributed by atoms with Crippen molar-refractivity contribution >= 4 is 23.2 Å². The molecule has 0 spiro atoms. The molecule has 0 aliphatic carbocycles. The molecule has 0 aromatic carbocycles. The Morgan fingerprint density at radius 1 is 1.35 bits per heavy atom. The van der Waals surface area contributed by atoms with Crippen molar-refractivity contribution in [2.24, 2.45) is 0 Å². The summed E-state index contributed by atoms with van der Waals surface area (Å²) in [6.07, 6.45) is 3.33. The van der Waals surface area contributed by atoms with Crippen LogP contribution in [0.1, 0.15) is 31.7 Å². The highest BCUT2D eigenvalue weighted by Gasteiger charge is 2.46. The Labute approximate surface area is 123 Å². The van der Waals surface area contributed by atoms with Crippen LogP contribution in [0.4, 0.5) is 0 Å². The van der Waals surface area contributed by atoms with Crippen molar-refractivity contribution in [1.29, 1.82) is 0 Å². The van der Waals surface area contributed by atoms with Gasteiger partial charge in [0.15, 0.2) is 0 Å². The van der Waals surface area contributed by atoms with E-state index in [0.717, 1.165) is 25.8 Å². The molecule has 0 radical (unpaired) electrons. The van der Waals surface area contributed by atoms with Gasteiger partial charge in [-0.1, -0.05) is 6.92 Å². The monoisotopic (exact) mass is 292 g/mol. The van der Waals surface area contributed by atoms with E-state index in [1.807, 2.05) is 11.8 Å². The average molecular weight is 292 g/mol. The number of thiophene rings is 1. The van der Waals surface area contributed by atoms with Crippen molar-refractivity contribution in [3.05, 3.63) is 22.4 Å². The molecule has 20 heavy (non-hydrogen) atoms. The standard InChI is InChI=1S/C15H20N2O2S/c1-2-12-14(18)16-7-3-4-13(16)15(19)17(12)8-5-11-6-9-20-10-11/h6,9-10,12-13H,2-5,7-8H2,1H3. The highest BCUT2D eigenvalue weighted by Crippen LogP contribution is 2.28. The number of hydrogen-bond acceptors (Lipinski definition) is 3. The molecule has 2 aliphatic heterocycles. The molecule has 3 rings (SSSR count). The van der Waals surface area contributed by atoms with Crippen LogP contribution in [-0.2, 0) is 16.0 Å². The second-order valence-electron chi connectivity index (χ2n) is 5.53. The smallest absolute Gasteiger partial charge is 0.246 e. The summed E-state index contributed by atoms with van der Waals surface area (Å²) in [4.78, 5) is 28.7. The molecular formula is C15H20N2O2S. The van der Waals surface area contributed by atoms with E-state index in [-0.39, 0.29) is 23.9 Å². The van der Waals surface area contributed by atoms with E-state index in [1.165, 1.54) is 5.56 Å². The molecule has 2 amide bonds. The zero-order chi connectivity index (χ0) is 14.1. The normalized spacial score (nSPS) is 26.2. The van der Waals surface area contributed by atoms with E-state index in [0.29, 0.717) is 13.0 Å². The number of rotatable bonds is 4. The minimum absolute atomic E-state index is 0.153. The summed E-state index contributed by atoms with van der Waals surface area (Å²) in [5, 5.41) is 4.16. The van der Waals surface area contributed by atoms with Crippen molar-refractivity contribution in [2.75, 3.05) is 13.1 Å². The van der Waals surface area contributed by atoms with E-state index in [2.05, 4.69) is 16.8 Å². The first kappa shape index (κ1) is 13.6. The summed E-state index contributed by atoms with van der Waals surface area (Å²) >= 11 is 1.67. The first-order valence-corrected chi connectivity index (χ1v) is 8.28. The number of carbonyl (C=O) groups is 2. The van der Waals surface area contributed by atoms with Gasteiger partial charge in [0.25, 0.3) is 0 Å². The molecule has 0 bridgehead atoms. The highest BCUT2D eigenvalue weighted by atomic mass is 32.1. The second-order valence-corrected chi connectivity index (χ2v) is 6.31. The fourth-order valence-electron chi connectivity index (χ4n) is 3.30. The van der Waals surface area contributed by atoms with Gasteiger partial charge in [-0.05, 0) is 48.1 Å². The summed E-state index contributed by atoms with van der Waals surface area (Å²) < 4.78 is 0. The van der Waals surface area contributed by atoms with E-state index in [9.17, 15) is 9.59 Å². The third-order valence-corrected chi connectivity index (χ3v) is 5.11. The van der Waals surface area contributed by atoms with Crippen molar-refractivity contribution in [3.63, 3.8) is 0 Å². The van der Waals surface area contributed by atoms with Gasteiger partial charge in [-0.3, -0.25) is 9.59 Å². The van der Waals surface area contributed by atoms with Crippen LogP contribution < -0.4 is 0 Å². The van der Waals surface area contributed by atoms with Crippen LogP contribution in [0.25, 0.3) is 0 Å². The number of nitrogens with zero attached hydrogens (tertiary/aromatic N) is 2. The zero-order valence-electron chi connectivity index (χ0n) is 11.7. The van der Waals surface area contributed by atoms with Gasteiger partial charge in [0.1, 0.15) is 12.1 Å². The van der Waals surface area contributed by atoms with Gasteiger partial charge in [-0.2, -0.15) is 11.3 Å². The molecule has 0 saturated carbocycles. The molecule has 1 aromatic rings. The lowest BCUT2D eigenvalue weighted by Gasteiger charge is -2.42. The largest absolute Gasteiger partial charge is 0.329 e. The molecule has 3 heterocycles. The minimum atomic E-state index is -0.254. The topological polar surface area (TPSA) is 40.6 Å². The first-order valence-electron chi connectivity index (χ1n) is 7.34. The van der Waals surface area contributed by atoms with E-state index >= 15 is 0 Å². The van der Waals surface area contributed by atoms with E-state index in [1.54, 1.807) is 16.2 Å². The fourth-order valence-corrected chi connectivity index (χ4v) is 4.01. The Balaban J connectivity index is 1.76. The lowest BCUT2D eigenvalue weighted by Crippen LogP contribution is -2.62. The van der Waals surface area contributed by atoms with E-state index < -0.39 is 0 Å². The number of carbonyl (C=O) groups excluding carboxylic acids is 2. The maximum Gasteiger partial charge on any atom is 0.246 e. The van der Waals surface area contributed by atoms with Gasteiger partial charge >= 0.3 is 0 Å². The Morgan fingerprint density at radius 2 is 2.20 bits per heavy atom. The van der Waals surface area contributed by atoms with E-state index in [4.69, 9.17) is 0 Å². The molecule has 2 atom stereocenters. The Kier molecular flexibility index (Phi) is 3.78. The van der Waals surface area contributed by atoms with Crippen LogP contribution in [0.2, 0.25) is 0 Å². The number of amides is 2. The molecule has 108 valence electrons. The van der Waals surface area contributed by atoms with Crippen molar-refractivity contribution in [1.82, 2.24) is 9.80 Å². The lowest BCUT2D eigenvalue weighted by molar-refractivity contribution is -0.159. The second kappa shape index (κ2) is 5.56. The quantitative estimate of drug-likeness (QED) is 0.850. The molecule has 4 nitrogen and oxygen atoms in total. The Bertz CT molecular complexity index is 500. The lowest BCUT2D eigenvalue weighted by atomic mass is 10.0. The van der Waals surface area contributed by atoms with Crippen LogP contribution in [0, 0.1) is 0 Å². The predicted octanol–water partition coefficient (Wildman–Crippen LogP) is 1.90. The van der Waals surface area contributed by atoms with Crippen LogP contribution >= 0.6 is 11.3 Å². The molecular weight excluding hydrogens is 272 g/mol. The van der Waals surface area contributed by atoms with Gasteiger partial charge in [0.05, 0.1) is 0 Å². The van der Waals surface area contributed by atoms with Gasteiger partial charge < -0.3 is 9.80 Å². The first-order chi connectivity index (χ1) is 9.72. The van der Waals surface area contributed by atoms with Crippen LogP contribution in [0.5, 0.6) is 0 Å². The molecule has 2 saturated heterocycles. The van der Waals surface area contributed by atoms with Crippen molar-refractivity contribution in [2.45, 2.75) is 44.7 Å². The molecule has 5 heteroatoms. The van der Waals surface area contributed by atoms with Crippen LogP contribution in [0.15, 0.2) is 16.8 Å². The molecule has 0 N–H and O–H groups in total. The maximum atomic E-state index is 12.6. The zero-order valence-corrected chi connectivity index (χ0v) is 12.6. The molecule has 2 aliphatic rings. The third kappa shape index (κ3) is 2.24. The fraction of sp³-hybridized carbons (Fsp3) is 0.600. The summed E-state index contributed by atoms with van der Waals surface area (Å²) in [7, 11) is 0. The highest BCUT2D eigenvalue weighted by molar-refractivity contribution is 7.07. The minimum Gasteiger partial charge on any atom is -0.329 e. The molecule has 2 unspecified atom stereocenters. The van der Waals surface area contributed by atoms with Crippen molar-refractivity contribution < 1.29 is 9.59 Å². The molecule has 1 aromatic heterocycles. The number of hydrogen-bond donors (Lipinski definition) is 0. The number of piperazine rings is 1. The molecule has 2 fully saturated rings. The third-order valence-electron chi connectivity index (χ3n) is 4.37. The average Bonchev–Trinajstić information content (AvgIpc) is 3.11.